The smallest absolute Gasteiger partial charge is 0.306 e. The molecule has 0 unspecified atom stereocenters. The van der Waals surface area contributed by atoms with E-state index in [1.165, 1.54) is 340 Å². The average Bonchev–Trinajstić information content (AvgIpc) is 3.37. The molecule has 71 heavy (non-hydrogen) atoms. The standard InChI is InChI=1S/C67H134O4/c1-4-7-10-13-16-19-22-25-28-31-34-37-40-43-46-49-52-55-58-61-67(68)71-66(64-69-62-59-56-53-50-47-44-41-38-35-32-29-26-23-20-17-14-11-8-5-2)65-70-63-60-57-54-51-48-45-42-39-36-33-30-27-24-21-18-15-12-9-6-3/h66H,4-65H2,1-3H3. The van der Waals surface area contributed by atoms with E-state index in [1.807, 2.05) is 0 Å². The van der Waals surface area contributed by atoms with Gasteiger partial charge in [-0.25, -0.2) is 0 Å². The average molecular weight is 1000 g/mol. The number of esters is 1. The summed E-state index contributed by atoms with van der Waals surface area (Å²) in [7, 11) is 0. The first-order valence-electron chi connectivity index (χ1n) is 33.6. The monoisotopic (exact) mass is 1000 g/mol. The third-order valence-electron chi connectivity index (χ3n) is 15.7. The van der Waals surface area contributed by atoms with Gasteiger partial charge < -0.3 is 14.2 Å². The first kappa shape index (κ1) is 70.4. The van der Waals surface area contributed by atoms with Gasteiger partial charge in [0.2, 0.25) is 0 Å². The highest BCUT2D eigenvalue weighted by Crippen LogP contribution is 2.19. The van der Waals surface area contributed by atoms with Gasteiger partial charge in [0.05, 0.1) is 13.2 Å². The molecule has 0 atom stereocenters. The van der Waals surface area contributed by atoms with E-state index in [0.29, 0.717) is 19.6 Å². The lowest BCUT2D eigenvalue weighted by atomic mass is 10.0. The van der Waals surface area contributed by atoms with Gasteiger partial charge in [0, 0.05) is 19.6 Å². The molecule has 4 nitrogen and oxygen atoms in total. The van der Waals surface area contributed by atoms with Gasteiger partial charge in [-0.1, -0.05) is 367 Å². The second kappa shape index (κ2) is 65.5. The van der Waals surface area contributed by atoms with Gasteiger partial charge in [0.25, 0.3) is 0 Å². The Kier molecular flexibility index (Phi) is 64.9. The number of carbonyl (C=O) groups is 1. The Balaban J connectivity index is 4.08. The quantitative estimate of drug-likeness (QED) is 0.0450. The molecule has 0 N–H and O–H groups in total. The maximum Gasteiger partial charge on any atom is 0.306 e. The fourth-order valence-corrected chi connectivity index (χ4v) is 10.7. The van der Waals surface area contributed by atoms with Crippen LogP contribution in [0, 0.1) is 0 Å². The predicted molar refractivity (Wildman–Crippen MR) is 316 cm³/mol. The van der Waals surface area contributed by atoms with Crippen molar-refractivity contribution in [1.29, 1.82) is 0 Å². The molecule has 0 bridgehead atoms. The molecular weight excluding hydrogens is 869 g/mol. The van der Waals surface area contributed by atoms with Crippen LogP contribution >= 0.6 is 0 Å². The van der Waals surface area contributed by atoms with Crippen molar-refractivity contribution >= 4 is 5.97 Å². The molecule has 0 amide bonds. The fourth-order valence-electron chi connectivity index (χ4n) is 10.7. The largest absolute Gasteiger partial charge is 0.457 e. The van der Waals surface area contributed by atoms with Crippen molar-refractivity contribution in [3.05, 3.63) is 0 Å². The van der Waals surface area contributed by atoms with Crippen LogP contribution in [0.15, 0.2) is 0 Å². The molecule has 0 spiro atoms. The van der Waals surface area contributed by atoms with E-state index < -0.39 is 0 Å². The molecule has 0 aromatic heterocycles. The molecule has 0 aliphatic heterocycles. The van der Waals surface area contributed by atoms with E-state index in [2.05, 4.69) is 20.8 Å². The highest BCUT2D eigenvalue weighted by atomic mass is 16.6. The van der Waals surface area contributed by atoms with Crippen LogP contribution in [0.3, 0.4) is 0 Å². The van der Waals surface area contributed by atoms with E-state index in [1.54, 1.807) is 0 Å². The fraction of sp³-hybridized carbons (Fsp3) is 0.985. The summed E-state index contributed by atoms with van der Waals surface area (Å²) in [5.74, 6) is -0.0684. The maximum absolute atomic E-state index is 12.9. The van der Waals surface area contributed by atoms with Crippen molar-refractivity contribution < 1.29 is 19.0 Å². The molecule has 0 radical (unpaired) electrons. The molecule has 0 rings (SSSR count). The van der Waals surface area contributed by atoms with Gasteiger partial charge in [-0.3, -0.25) is 4.79 Å². The van der Waals surface area contributed by atoms with Crippen molar-refractivity contribution in [3.63, 3.8) is 0 Å². The third kappa shape index (κ3) is 63.6. The molecule has 4 heteroatoms. The topological polar surface area (TPSA) is 44.8 Å². The zero-order valence-corrected chi connectivity index (χ0v) is 49.6. The molecule has 0 aliphatic carbocycles. The molecule has 0 aromatic rings. The first-order chi connectivity index (χ1) is 35.2. The summed E-state index contributed by atoms with van der Waals surface area (Å²) in [5, 5.41) is 0. The van der Waals surface area contributed by atoms with Crippen molar-refractivity contribution in [3.8, 4) is 0 Å². The summed E-state index contributed by atoms with van der Waals surface area (Å²) in [6.45, 7) is 9.34. The molecule has 0 aromatic carbocycles. The van der Waals surface area contributed by atoms with E-state index >= 15 is 0 Å². The SMILES string of the molecule is CCCCCCCCCCCCCCCCCCCCCOCC(COCCCCCCCCCCCCCCCCCCCCC)OC(=O)CCCCCCCCCCCCCCCCCCCCC. The Hall–Kier alpha value is -0.610. The number of hydrogen-bond acceptors (Lipinski definition) is 4. The van der Waals surface area contributed by atoms with E-state index in [0.717, 1.165) is 38.9 Å². The Labute approximate surface area is 448 Å². The van der Waals surface area contributed by atoms with Crippen LogP contribution in [0.4, 0.5) is 0 Å². The molecule has 0 fully saturated rings. The number of ether oxygens (including phenoxy) is 3. The zero-order valence-electron chi connectivity index (χ0n) is 49.6. The highest BCUT2D eigenvalue weighted by Gasteiger charge is 2.15. The second-order valence-corrected chi connectivity index (χ2v) is 23.1. The van der Waals surface area contributed by atoms with Gasteiger partial charge in [-0.15, -0.1) is 0 Å². The van der Waals surface area contributed by atoms with Crippen LogP contribution in [-0.4, -0.2) is 38.5 Å². The molecular formula is C67H134O4. The molecule has 0 saturated heterocycles. The second-order valence-electron chi connectivity index (χ2n) is 23.1. The van der Waals surface area contributed by atoms with Gasteiger partial charge in [0.1, 0.15) is 6.10 Å². The summed E-state index contributed by atoms with van der Waals surface area (Å²) < 4.78 is 18.2. The summed E-state index contributed by atoms with van der Waals surface area (Å²) in [6, 6.07) is 0. The van der Waals surface area contributed by atoms with E-state index in [9.17, 15) is 4.79 Å². The van der Waals surface area contributed by atoms with E-state index in [-0.39, 0.29) is 12.1 Å². The Bertz CT molecular complexity index is 891. The summed E-state index contributed by atoms with van der Waals surface area (Å²) in [5.41, 5.74) is 0. The van der Waals surface area contributed by atoms with Crippen LogP contribution in [0.2, 0.25) is 0 Å². The van der Waals surface area contributed by atoms with Gasteiger partial charge >= 0.3 is 5.97 Å². The Morgan fingerprint density at radius 1 is 0.239 bits per heavy atom. The Morgan fingerprint density at radius 3 is 0.606 bits per heavy atom. The minimum atomic E-state index is -0.288. The van der Waals surface area contributed by atoms with Gasteiger partial charge in [-0.05, 0) is 19.3 Å². The number of rotatable bonds is 65. The van der Waals surface area contributed by atoms with Crippen LogP contribution in [0.25, 0.3) is 0 Å². The lowest BCUT2D eigenvalue weighted by Crippen LogP contribution is -2.29. The minimum absolute atomic E-state index is 0.0684. The number of carbonyl (C=O) groups excluding carboxylic acids is 1. The van der Waals surface area contributed by atoms with Gasteiger partial charge in [0.15, 0.2) is 0 Å². The first-order valence-corrected chi connectivity index (χ1v) is 33.6. The summed E-state index contributed by atoms with van der Waals surface area (Å²) >= 11 is 0. The zero-order chi connectivity index (χ0) is 51.1. The molecule has 0 heterocycles. The number of hydrogen-bond donors (Lipinski definition) is 0. The lowest BCUT2D eigenvalue weighted by molar-refractivity contribution is -0.156. The lowest BCUT2D eigenvalue weighted by Gasteiger charge is -2.18. The summed E-state index contributed by atoms with van der Waals surface area (Å²) in [4.78, 5) is 12.9. The molecule has 426 valence electrons. The Morgan fingerprint density at radius 2 is 0.408 bits per heavy atom. The molecule has 0 aliphatic rings. The van der Waals surface area contributed by atoms with Crippen LogP contribution in [-0.2, 0) is 19.0 Å². The minimum Gasteiger partial charge on any atom is -0.457 e. The number of unbranched alkanes of at least 4 members (excludes halogenated alkanes) is 54. The van der Waals surface area contributed by atoms with Gasteiger partial charge in [-0.2, -0.15) is 0 Å². The van der Waals surface area contributed by atoms with Crippen molar-refractivity contribution in [2.24, 2.45) is 0 Å². The molecule has 0 saturated carbocycles. The predicted octanol–water partition coefficient (Wildman–Crippen LogP) is 23.6. The highest BCUT2D eigenvalue weighted by molar-refractivity contribution is 5.69. The van der Waals surface area contributed by atoms with Crippen molar-refractivity contribution in [1.82, 2.24) is 0 Å². The van der Waals surface area contributed by atoms with Crippen LogP contribution in [0.5, 0.6) is 0 Å². The van der Waals surface area contributed by atoms with E-state index in [4.69, 9.17) is 14.2 Å². The summed E-state index contributed by atoms with van der Waals surface area (Å²) in [6.07, 6.45) is 79.1. The third-order valence-corrected chi connectivity index (χ3v) is 15.7. The van der Waals surface area contributed by atoms with Crippen LogP contribution < -0.4 is 0 Å². The normalized spacial score (nSPS) is 11.7. The van der Waals surface area contributed by atoms with Crippen LogP contribution in [0.1, 0.15) is 393 Å². The van der Waals surface area contributed by atoms with Crippen molar-refractivity contribution in [2.45, 2.75) is 399 Å². The maximum atomic E-state index is 12.9. The van der Waals surface area contributed by atoms with Crippen molar-refractivity contribution in [2.75, 3.05) is 26.4 Å².